The van der Waals surface area contributed by atoms with E-state index in [1.54, 1.807) is 0 Å². The van der Waals surface area contributed by atoms with E-state index >= 15 is 0 Å². The number of hydrogen-bond donors (Lipinski definition) is 3. The standard InChI is InChI=1S/C25H20ClN3O5S/c26-23-16(15-3-2-6-21-18(15)12-33-13-34-21)4-1-5-19(23)28-24-17-9-14(7-8-22(17)35-29-24)10-27-20(11-30)25(31)32/h1-10,20,30H,11-13H2,(H,28,29)(H,31,32)/t20-/m0/s1. The van der Waals surface area contributed by atoms with E-state index in [1.165, 1.54) is 17.7 Å². The molecule has 10 heteroatoms. The van der Waals surface area contributed by atoms with Gasteiger partial charge in [-0.2, -0.15) is 4.37 Å². The lowest BCUT2D eigenvalue weighted by Crippen LogP contribution is -2.22. The molecule has 0 unspecified atom stereocenters. The number of hydrogen-bond acceptors (Lipinski definition) is 8. The fraction of sp³-hybridized carbons (Fsp3) is 0.160. The fourth-order valence-electron chi connectivity index (χ4n) is 3.81. The average Bonchev–Trinajstić information content (AvgIpc) is 3.27. The summed E-state index contributed by atoms with van der Waals surface area (Å²) >= 11 is 8.18. The third-order valence-corrected chi connectivity index (χ3v) is 6.81. The number of aromatic nitrogens is 1. The van der Waals surface area contributed by atoms with Crippen molar-refractivity contribution in [3.63, 3.8) is 0 Å². The summed E-state index contributed by atoms with van der Waals surface area (Å²) in [6.45, 7) is 0.102. The van der Waals surface area contributed by atoms with E-state index in [4.69, 9.17) is 26.2 Å². The molecule has 3 aromatic carbocycles. The van der Waals surface area contributed by atoms with Gasteiger partial charge >= 0.3 is 5.97 Å². The molecule has 1 aromatic heterocycles. The molecule has 1 atom stereocenters. The van der Waals surface area contributed by atoms with E-state index in [0.29, 0.717) is 28.7 Å². The Hall–Kier alpha value is -3.50. The SMILES string of the molecule is O=C(O)[C@H](CO)N=Cc1ccc2snc(Nc3cccc(-c4cccc5c4COCO5)c3Cl)c2c1. The summed E-state index contributed by atoms with van der Waals surface area (Å²) in [7, 11) is 0. The predicted octanol–water partition coefficient (Wildman–Crippen LogP) is 5.09. The third kappa shape index (κ3) is 4.71. The second-order valence-corrected chi connectivity index (χ2v) is 8.97. The molecule has 35 heavy (non-hydrogen) atoms. The second kappa shape index (κ2) is 10.0. The number of carboxylic acids is 1. The van der Waals surface area contributed by atoms with Crippen molar-refractivity contribution in [3.8, 4) is 16.9 Å². The number of benzene rings is 3. The number of anilines is 2. The maximum atomic E-state index is 11.1. The summed E-state index contributed by atoms with van der Waals surface area (Å²) in [5.41, 5.74) is 4.12. The van der Waals surface area contributed by atoms with Crippen molar-refractivity contribution >= 4 is 56.9 Å². The molecular formula is C25H20ClN3O5S. The molecule has 3 N–H and O–H groups in total. The monoisotopic (exact) mass is 509 g/mol. The number of ether oxygens (including phenoxy) is 2. The minimum Gasteiger partial charge on any atom is -0.480 e. The second-order valence-electron chi connectivity index (χ2n) is 7.79. The number of aliphatic carboxylic acids is 1. The lowest BCUT2D eigenvalue weighted by molar-refractivity contribution is -0.139. The number of fused-ring (bicyclic) bond motifs is 2. The Labute approximate surface area is 209 Å². The first-order chi connectivity index (χ1) is 17.0. The molecule has 1 aliphatic heterocycles. The molecule has 0 fully saturated rings. The number of carboxylic acid groups (broad SMARTS) is 1. The van der Waals surface area contributed by atoms with E-state index in [-0.39, 0.29) is 6.79 Å². The molecule has 0 saturated carbocycles. The summed E-state index contributed by atoms with van der Waals surface area (Å²) in [6.07, 6.45) is 1.44. The van der Waals surface area contributed by atoms with Crippen LogP contribution < -0.4 is 10.1 Å². The van der Waals surface area contributed by atoms with Crippen LogP contribution in [0.4, 0.5) is 11.5 Å². The maximum Gasteiger partial charge on any atom is 0.330 e. The highest BCUT2D eigenvalue weighted by Crippen LogP contribution is 2.41. The summed E-state index contributed by atoms with van der Waals surface area (Å²) in [4.78, 5) is 15.1. The van der Waals surface area contributed by atoms with Crippen LogP contribution in [0.15, 0.2) is 59.6 Å². The molecule has 0 spiro atoms. The molecule has 1 aliphatic rings. The lowest BCUT2D eigenvalue weighted by atomic mass is 9.98. The van der Waals surface area contributed by atoms with Crippen molar-refractivity contribution in [1.82, 2.24) is 4.37 Å². The van der Waals surface area contributed by atoms with Gasteiger partial charge in [0.05, 0.1) is 28.6 Å². The number of rotatable bonds is 7. The summed E-state index contributed by atoms with van der Waals surface area (Å²) in [5, 5.41) is 23.0. The van der Waals surface area contributed by atoms with Crippen molar-refractivity contribution in [2.75, 3.05) is 18.7 Å². The van der Waals surface area contributed by atoms with Crippen LogP contribution in [0.25, 0.3) is 21.2 Å². The number of halogens is 1. The van der Waals surface area contributed by atoms with Gasteiger partial charge in [-0.15, -0.1) is 0 Å². The fourth-order valence-corrected chi connectivity index (χ4v) is 4.80. The molecular weight excluding hydrogens is 490 g/mol. The quantitative estimate of drug-likeness (QED) is 0.297. The topological polar surface area (TPSA) is 113 Å². The largest absolute Gasteiger partial charge is 0.480 e. The van der Waals surface area contributed by atoms with E-state index in [9.17, 15) is 9.90 Å². The molecule has 178 valence electrons. The number of carbonyl (C=O) groups is 1. The summed E-state index contributed by atoms with van der Waals surface area (Å²) in [5.74, 6) is 0.226. The predicted molar refractivity (Wildman–Crippen MR) is 136 cm³/mol. The van der Waals surface area contributed by atoms with Crippen molar-refractivity contribution in [2.24, 2.45) is 4.99 Å². The van der Waals surface area contributed by atoms with Gasteiger partial charge in [0.15, 0.2) is 18.7 Å². The highest BCUT2D eigenvalue weighted by molar-refractivity contribution is 7.13. The molecule has 0 bridgehead atoms. The van der Waals surface area contributed by atoms with Gasteiger partial charge in [-0.1, -0.05) is 41.9 Å². The molecule has 8 nitrogen and oxygen atoms in total. The number of nitrogens with one attached hydrogen (secondary N) is 1. The first-order valence-electron chi connectivity index (χ1n) is 10.7. The molecule has 4 aromatic rings. The van der Waals surface area contributed by atoms with Crippen LogP contribution in [0, 0.1) is 0 Å². The molecule has 0 aliphatic carbocycles. The Morgan fingerprint density at radius 2 is 2.06 bits per heavy atom. The lowest BCUT2D eigenvalue weighted by Gasteiger charge is -2.21. The van der Waals surface area contributed by atoms with Gasteiger partial charge in [-0.3, -0.25) is 4.99 Å². The van der Waals surface area contributed by atoms with Crippen LogP contribution in [-0.2, 0) is 16.1 Å². The molecule has 0 amide bonds. The number of aliphatic hydroxyl groups is 1. The Balaban J connectivity index is 1.47. The highest BCUT2D eigenvalue weighted by Gasteiger charge is 2.19. The Kier molecular flexibility index (Phi) is 6.65. The Morgan fingerprint density at radius 1 is 1.23 bits per heavy atom. The highest BCUT2D eigenvalue weighted by atomic mass is 35.5. The Bertz CT molecular complexity index is 1440. The minimum absolute atomic E-state index is 0.229. The normalized spacial score (nSPS) is 14.0. The van der Waals surface area contributed by atoms with Crippen LogP contribution in [-0.4, -0.2) is 46.2 Å². The first-order valence-corrected chi connectivity index (χ1v) is 11.8. The summed E-state index contributed by atoms with van der Waals surface area (Å²) < 4.78 is 16.6. The molecule has 5 rings (SSSR count). The Morgan fingerprint density at radius 3 is 2.89 bits per heavy atom. The number of aliphatic imine (C=N–C) groups is 1. The molecule has 2 heterocycles. The van der Waals surface area contributed by atoms with Crippen LogP contribution in [0.3, 0.4) is 0 Å². The number of aliphatic hydroxyl groups excluding tert-OH is 1. The van der Waals surface area contributed by atoms with Gasteiger partial charge in [0.2, 0.25) is 0 Å². The maximum absolute atomic E-state index is 11.1. The third-order valence-electron chi connectivity index (χ3n) is 5.57. The van der Waals surface area contributed by atoms with Crippen LogP contribution in [0.1, 0.15) is 11.1 Å². The van der Waals surface area contributed by atoms with Gasteiger partial charge in [-0.05, 0) is 46.9 Å². The zero-order valence-electron chi connectivity index (χ0n) is 18.3. The minimum atomic E-state index is -1.20. The van der Waals surface area contributed by atoms with Gasteiger partial charge in [0, 0.05) is 22.7 Å². The first kappa shape index (κ1) is 23.3. The summed E-state index contributed by atoms with van der Waals surface area (Å²) in [6, 6.07) is 15.9. The molecule has 0 saturated heterocycles. The van der Waals surface area contributed by atoms with Crippen molar-refractivity contribution in [3.05, 3.63) is 70.7 Å². The van der Waals surface area contributed by atoms with Crippen LogP contribution in [0.2, 0.25) is 5.02 Å². The zero-order chi connectivity index (χ0) is 24.4. The van der Waals surface area contributed by atoms with E-state index < -0.39 is 18.6 Å². The van der Waals surface area contributed by atoms with Crippen molar-refractivity contribution < 1.29 is 24.5 Å². The zero-order valence-corrected chi connectivity index (χ0v) is 19.8. The molecule has 0 radical (unpaired) electrons. The smallest absolute Gasteiger partial charge is 0.330 e. The van der Waals surface area contributed by atoms with Crippen molar-refractivity contribution in [1.29, 1.82) is 0 Å². The van der Waals surface area contributed by atoms with Crippen LogP contribution >= 0.6 is 23.1 Å². The number of nitrogens with zero attached hydrogens (tertiary/aromatic N) is 2. The van der Waals surface area contributed by atoms with Gasteiger partial charge in [0.25, 0.3) is 0 Å². The van der Waals surface area contributed by atoms with Gasteiger partial charge in [-0.25, -0.2) is 4.79 Å². The van der Waals surface area contributed by atoms with Gasteiger partial charge in [0.1, 0.15) is 5.75 Å². The average molecular weight is 510 g/mol. The van der Waals surface area contributed by atoms with Crippen LogP contribution in [0.5, 0.6) is 5.75 Å². The van der Waals surface area contributed by atoms with Crippen molar-refractivity contribution in [2.45, 2.75) is 12.6 Å². The van der Waals surface area contributed by atoms with E-state index in [1.807, 2.05) is 54.6 Å². The van der Waals surface area contributed by atoms with E-state index in [2.05, 4.69) is 14.7 Å². The van der Waals surface area contributed by atoms with E-state index in [0.717, 1.165) is 32.5 Å². The van der Waals surface area contributed by atoms with Gasteiger partial charge < -0.3 is 25.0 Å².